The second kappa shape index (κ2) is 6.70. The van der Waals surface area contributed by atoms with Crippen molar-refractivity contribution in [2.24, 2.45) is 52.3 Å². The number of aliphatic hydroxyl groups is 1. The van der Waals surface area contributed by atoms with Gasteiger partial charge >= 0.3 is 0 Å². The highest BCUT2D eigenvalue weighted by atomic mass is 16.7. The fourth-order valence-corrected chi connectivity index (χ4v) is 10.3. The van der Waals surface area contributed by atoms with Crippen molar-refractivity contribution in [3.05, 3.63) is 0 Å². The number of rotatable bonds is 0. The molecule has 4 aliphatic carbocycles. The zero-order valence-corrected chi connectivity index (χ0v) is 19.7. The van der Waals surface area contributed by atoms with E-state index in [1.54, 1.807) is 0 Å². The molecule has 1 N–H and O–H groups in total. The molecule has 170 valence electrons. The van der Waals surface area contributed by atoms with Crippen molar-refractivity contribution in [1.29, 1.82) is 0 Å². The Bertz CT molecular complexity index is 684. The predicted octanol–water partition coefficient (Wildman–Crippen LogP) is 5.79. The van der Waals surface area contributed by atoms with Crippen molar-refractivity contribution < 1.29 is 14.6 Å². The lowest BCUT2D eigenvalue weighted by atomic mass is 9.44. The third-order valence-corrected chi connectivity index (χ3v) is 11.9. The number of aliphatic hydroxyl groups excluding tert-OH is 1. The number of ether oxygens (including phenoxy) is 2. The van der Waals surface area contributed by atoms with Gasteiger partial charge in [-0.05, 0) is 104 Å². The molecule has 0 aromatic heterocycles. The van der Waals surface area contributed by atoms with E-state index in [1.807, 2.05) is 0 Å². The first-order valence-electron chi connectivity index (χ1n) is 13.3. The van der Waals surface area contributed by atoms with E-state index in [0.717, 1.165) is 49.5 Å². The summed E-state index contributed by atoms with van der Waals surface area (Å²) >= 11 is 0. The maximum atomic E-state index is 10.3. The molecule has 2 saturated heterocycles. The van der Waals surface area contributed by atoms with E-state index in [1.165, 1.54) is 44.9 Å². The number of hydrogen-bond acceptors (Lipinski definition) is 3. The van der Waals surface area contributed by atoms with Gasteiger partial charge in [-0.2, -0.15) is 0 Å². The Morgan fingerprint density at radius 3 is 2.40 bits per heavy atom. The Labute approximate surface area is 183 Å². The van der Waals surface area contributed by atoms with Crippen LogP contribution in [0.25, 0.3) is 0 Å². The molecule has 6 rings (SSSR count). The number of fused-ring (bicyclic) bond motifs is 7. The summed E-state index contributed by atoms with van der Waals surface area (Å²) < 4.78 is 13.4. The van der Waals surface area contributed by atoms with Gasteiger partial charge in [0, 0.05) is 12.3 Å². The molecule has 0 radical (unpaired) electrons. The van der Waals surface area contributed by atoms with E-state index in [2.05, 4.69) is 27.7 Å². The minimum absolute atomic E-state index is 0.0389. The second-order valence-corrected chi connectivity index (χ2v) is 13.1. The molecule has 0 amide bonds. The number of hydrogen-bond donors (Lipinski definition) is 1. The van der Waals surface area contributed by atoms with E-state index in [-0.39, 0.29) is 11.9 Å². The quantitative estimate of drug-likeness (QED) is 0.543. The van der Waals surface area contributed by atoms with Crippen LogP contribution in [0.3, 0.4) is 0 Å². The first-order chi connectivity index (χ1) is 14.3. The van der Waals surface area contributed by atoms with Crippen molar-refractivity contribution in [3.8, 4) is 0 Å². The van der Waals surface area contributed by atoms with E-state index in [0.29, 0.717) is 34.7 Å². The molecule has 2 heterocycles. The SMILES string of the molecule is CC1CC[C@@]2(OC1)O[C@@H]1C[C@H]3[C@@H]4CCC5CC(O)CC[C@]5(C)[C@H]4CC[C@]3(C)[C@H]1[C@@H]2C. The lowest BCUT2D eigenvalue weighted by Crippen LogP contribution is -2.55. The lowest BCUT2D eigenvalue weighted by Gasteiger charge is -2.61. The molecule has 0 aromatic carbocycles. The van der Waals surface area contributed by atoms with Crippen LogP contribution >= 0.6 is 0 Å². The lowest BCUT2D eigenvalue weighted by molar-refractivity contribution is -0.273. The smallest absolute Gasteiger partial charge is 0.171 e. The van der Waals surface area contributed by atoms with Gasteiger partial charge in [-0.25, -0.2) is 0 Å². The van der Waals surface area contributed by atoms with Gasteiger partial charge in [-0.15, -0.1) is 0 Å². The molecule has 4 saturated carbocycles. The Kier molecular flexibility index (Phi) is 4.58. The second-order valence-electron chi connectivity index (χ2n) is 13.1. The summed E-state index contributed by atoms with van der Waals surface area (Å²) in [5, 5.41) is 10.3. The molecular weight excluding hydrogens is 372 g/mol. The van der Waals surface area contributed by atoms with Gasteiger partial charge in [0.25, 0.3) is 0 Å². The normalized spacial score (nSPS) is 62.5. The highest BCUT2D eigenvalue weighted by Crippen LogP contribution is 2.71. The summed E-state index contributed by atoms with van der Waals surface area (Å²) in [5.74, 6) is 4.93. The first-order valence-corrected chi connectivity index (χ1v) is 13.3. The highest BCUT2D eigenvalue weighted by Gasteiger charge is 2.69. The summed E-state index contributed by atoms with van der Waals surface area (Å²) in [6.45, 7) is 10.9. The maximum Gasteiger partial charge on any atom is 0.171 e. The van der Waals surface area contributed by atoms with Crippen LogP contribution in [0, 0.1) is 52.3 Å². The monoisotopic (exact) mass is 416 g/mol. The highest BCUT2D eigenvalue weighted by molar-refractivity contribution is 5.15. The molecule has 2 aliphatic heterocycles. The van der Waals surface area contributed by atoms with E-state index in [9.17, 15) is 5.11 Å². The third kappa shape index (κ3) is 2.61. The molecule has 12 atom stereocenters. The fourth-order valence-electron chi connectivity index (χ4n) is 10.3. The van der Waals surface area contributed by atoms with Gasteiger partial charge in [0.15, 0.2) is 5.79 Å². The molecule has 3 nitrogen and oxygen atoms in total. The standard InChI is InChI=1S/C27H44O3/c1-16-7-12-27(29-15-16)17(2)24-23(30-27)14-22-20-6-5-18-13-19(28)8-10-25(18,3)21(20)9-11-26(22,24)4/h16-24,28H,5-15H2,1-4H3/t16?,17-,18?,19?,20+,21-,22-,23+,24-,25-,26-,27+/m0/s1. The summed E-state index contributed by atoms with van der Waals surface area (Å²) in [4.78, 5) is 0. The minimum Gasteiger partial charge on any atom is -0.393 e. The van der Waals surface area contributed by atoms with Crippen molar-refractivity contribution >= 4 is 0 Å². The Hall–Kier alpha value is -0.120. The zero-order chi connectivity index (χ0) is 20.9. The van der Waals surface area contributed by atoms with Crippen LogP contribution in [-0.2, 0) is 9.47 Å². The van der Waals surface area contributed by atoms with Crippen LogP contribution in [0.4, 0.5) is 0 Å². The molecular formula is C27H44O3. The third-order valence-electron chi connectivity index (χ3n) is 11.9. The molecule has 0 bridgehead atoms. The van der Waals surface area contributed by atoms with Crippen LogP contribution in [0.5, 0.6) is 0 Å². The molecule has 6 fully saturated rings. The van der Waals surface area contributed by atoms with Gasteiger partial charge in [0.1, 0.15) is 0 Å². The van der Waals surface area contributed by atoms with Gasteiger partial charge in [-0.3, -0.25) is 0 Å². The average molecular weight is 417 g/mol. The Balaban J connectivity index is 1.26. The first kappa shape index (κ1) is 20.5. The molecule has 1 spiro atoms. The van der Waals surface area contributed by atoms with Crippen molar-refractivity contribution in [3.63, 3.8) is 0 Å². The zero-order valence-electron chi connectivity index (χ0n) is 19.7. The van der Waals surface area contributed by atoms with Crippen molar-refractivity contribution in [1.82, 2.24) is 0 Å². The molecule has 3 unspecified atom stereocenters. The molecule has 6 aliphatic rings. The predicted molar refractivity (Wildman–Crippen MR) is 118 cm³/mol. The van der Waals surface area contributed by atoms with Gasteiger partial charge in [0.05, 0.1) is 18.8 Å². The minimum atomic E-state index is -0.282. The Morgan fingerprint density at radius 1 is 0.833 bits per heavy atom. The van der Waals surface area contributed by atoms with Gasteiger partial charge in [-0.1, -0.05) is 27.7 Å². The van der Waals surface area contributed by atoms with Crippen molar-refractivity contribution in [2.75, 3.05) is 6.61 Å². The molecule has 0 aromatic rings. The van der Waals surface area contributed by atoms with Gasteiger partial charge < -0.3 is 14.6 Å². The van der Waals surface area contributed by atoms with E-state index in [4.69, 9.17) is 9.47 Å². The van der Waals surface area contributed by atoms with Crippen molar-refractivity contribution in [2.45, 2.75) is 110 Å². The van der Waals surface area contributed by atoms with Crippen LogP contribution in [-0.4, -0.2) is 29.7 Å². The van der Waals surface area contributed by atoms with Crippen LogP contribution < -0.4 is 0 Å². The van der Waals surface area contributed by atoms with Crippen LogP contribution in [0.1, 0.15) is 91.9 Å². The summed E-state index contributed by atoms with van der Waals surface area (Å²) in [6.07, 6.45) is 12.9. The van der Waals surface area contributed by atoms with E-state index >= 15 is 0 Å². The summed E-state index contributed by atoms with van der Waals surface area (Å²) in [6, 6.07) is 0. The van der Waals surface area contributed by atoms with Gasteiger partial charge in [0.2, 0.25) is 0 Å². The molecule has 30 heavy (non-hydrogen) atoms. The molecule has 3 heteroatoms. The fraction of sp³-hybridized carbons (Fsp3) is 1.00. The summed E-state index contributed by atoms with van der Waals surface area (Å²) in [5.41, 5.74) is 0.899. The average Bonchev–Trinajstić information content (AvgIpc) is 3.16. The topological polar surface area (TPSA) is 38.7 Å². The largest absolute Gasteiger partial charge is 0.393 e. The van der Waals surface area contributed by atoms with Crippen LogP contribution in [0.15, 0.2) is 0 Å². The Morgan fingerprint density at radius 2 is 1.63 bits per heavy atom. The van der Waals surface area contributed by atoms with Crippen LogP contribution in [0.2, 0.25) is 0 Å². The summed E-state index contributed by atoms with van der Waals surface area (Å²) in [7, 11) is 0. The van der Waals surface area contributed by atoms with E-state index < -0.39 is 0 Å². The maximum absolute atomic E-state index is 10.3.